The molecule has 2 atom stereocenters. The van der Waals surface area contributed by atoms with Crippen LogP contribution in [0.5, 0.6) is 0 Å². The minimum Gasteiger partial charge on any atom is -0.351 e. The van der Waals surface area contributed by atoms with Crippen molar-refractivity contribution in [3.05, 3.63) is 63.7 Å². The molecule has 2 aromatic carbocycles. The Kier molecular flexibility index (Phi) is 10.0. The highest BCUT2D eigenvalue weighted by molar-refractivity contribution is 7.91. The van der Waals surface area contributed by atoms with Gasteiger partial charge in [-0.15, -0.1) is 0 Å². The van der Waals surface area contributed by atoms with Gasteiger partial charge < -0.3 is 16.4 Å². The number of carbonyl (C=O) groups excluding carboxylic acids is 2. The molecule has 0 saturated carbocycles. The summed E-state index contributed by atoms with van der Waals surface area (Å²) >= 11 is 6.00. The lowest BCUT2D eigenvalue weighted by atomic mass is 10.00. The fourth-order valence-corrected chi connectivity index (χ4v) is 5.74. The van der Waals surface area contributed by atoms with Crippen LogP contribution in [0.3, 0.4) is 0 Å². The van der Waals surface area contributed by atoms with Crippen LogP contribution in [0, 0.1) is 0 Å². The largest absolute Gasteiger partial charge is 0.416 e. The van der Waals surface area contributed by atoms with Crippen molar-refractivity contribution in [1.82, 2.24) is 15.5 Å². The van der Waals surface area contributed by atoms with Gasteiger partial charge in [0, 0.05) is 36.3 Å². The van der Waals surface area contributed by atoms with Gasteiger partial charge in [0.25, 0.3) is 5.91 Å². The van der Waals surface area contributed by atoms with Crippen LogP contribution in [0.2, 0.25) is 5.02 Å². The molecule has 4 N–H and O–H groups in total. The highest BCUT2D eigenvalue weighted by Crippen LogP contribution is 2.34. The van der Waals surface area contributed by atoms with E-state index in [4.69, 9.17) is 17.3 Å². The van der Waals surface area contributed by atoms with E-state index in [1.54, 1.807) is 6.92 Å². The Hall–Kier alpha value is -2.67. The third-order valence-corrected chi connectivity index (χ3v) is 8.58. The molecule has 1 aliphatic heterocycles. The normalized spacial score (nSPS) is 17.5. The minimum absolute atomic E-state index is 0.00188. The number of likely N-dealkylation sites (tertiary alicyclic amines) is 1. The predicted octanol–water partition coefficient (Wildman–Crippen LogP) is 3.51. The van der Waals surface area contributed by atoms with Crippen LogP contribution < -0.4 is 16.4 Å². The van der Waals surface area contributed by atoms with E-state index >= 15 is 0 Å². The van der Waals surface area contributed by atoms with Crippen molar-refractivity contribution in [2.75, 3.05) is 18.8 Å². The molecule has 2 aromatic rings. The monoisotopic (exact) mass is 588 g/mol. The van der Waals surface area contributed by atoms with Gasteiger partial charge in [-0.25, -0.2) is 8.42 Å². The van der Waals surface area contributed by atoms with Crippen LogP contribution >= 0.6 is 11.6 Å². The molecule has 3 rings (SSSR count). The van der Waals surface area contributed by atoms with Crippen LogP contribution in [-0.2, 0) is 33.9 Å². The summed E-state index contributed by atoms with van der Waals surface area (Å²) in [6.07, 6.45) is -3.31. The number of carbonyl (C=O) groups is 2. The molecule has 0 aliphatic carbocycles. The van der Waals surface area contributed by atoms with Crippen molar-refractivity contribution in [3.63, 3.8) is 0 Å². The van der Waals surface area contributed by atoms with Crippen molar-refractivity contribution >= 4 is 33.3 Å². The number of nitrogens with one attached hydrogen (secondary N) is 2. The summed E-state index contributed by atoms with van der Waals surface area (Å²) in [7, 11) is -3.61. The Morgan fingerprint density at radius 3 is 2.54 bits per heavy atom. The number of alkyl halides is 3. The Morgan fingerprint density at radius 1 is 1.18 bits per heavy atom. The summed E-state index contributed by atoms with van der Waals surface area (Å²) in [6.45, 7) is 3.73. The molecule has 1 heterocycles. The first-order valence-corrected chi connectivity index (χ1v) is 14.5. The highest BCUT2D eigenvalue weighted by atomic mass is 35.5. The second-order valence-corrected chi connectivity index (χ2v) is 12.3. The lowest BCUT2D eigenvalue weighted by Crippen LogP contribution is -2.51. The van der Waals surface area contributed by atoms with Gasteiger partial charge >= 0.3 is 6.18 Å². The average Bonchev–Trinajstić information content (AvgIpc) is 2.87. The van der Waals surface area contributed by atoms with Crippen molar-refractivity contribution in [2.45, 2.75) is 62.9 Å². The lowest BCUT2D eigenvalue weighted by Gasteiger charge is -2.34. The Bertz CT molecular complexity index is 1320. The fraction of sp³-hybridized carbons (Fsp3) is 0.462. The zero-order valence-electron chi connectivity index (χ0n) is 21.6. The summed E-state index contributed by atoms with van der Waals surface area (Å²) in [4.78, 5) is 26.5. The number of nitrogens with two attached hydrogens (primary N) is 1. The first-order chi connectivity index (χ1) is 18.2. The summed E-state index contributed by atoms with van der Waals surface area (Å²) in [5.74, 6) is -1.27. The van der Waals surface area contributed by atoms with E-state index in [1.807, 2.05) is 4.90 Å². The fourth-order valence-electron chi connectivity index (χ4n) is 4.43. The highest BCUT2D eigenvalue weighted by Gasteiger charge is 2.35. The maximum atomic E-state index is 14.0. The standard InChI is InChI=1S/C26H32ClF3N4O4S/c1-3-39(37,38)23-9-8-20(27)11-19(23)13-32-25(36)17-6-7-18(22(12-17)26(28,29)30)14-34-10-4-5-21(15-34)33-24(35)16(2)31/h6-9,11-12,16,21H,3-5,10,13-15,31H2,1-2H3,(H,32,36)(H,33,35). The Morgan fingerprint density at radius 2 is 1.90 bits per heavy atom. The molecule has 0 aromatic heterocycles. The third kappa shape index (κ3) is 8.17. The van der Waals surface area contributed by atoms with Gasteiger partial charge in [-0.05, 0) is 67.8 Å². The van der Waals surface area contributed by atoms with Crippen molar-refractivity contribution in [1.29, 1.82) is 0 Å². The maximum Gasteiger partial charge on any atom is 0.416 e. The van der Waals surface area contributed by atoms with Crippen molar-refractivity contribution in [3.8, 4) is 0 Å². The van der Waals surface area contributed by atoms with E-state index in [1.165, 1.54) is 37.3 Å². The number of halogens is 4. The van der Waals surface area contributed by atoms with Gasteiger partial charge in [0.05, 0.1) is 22.3 Å². The SMILES string of the molecule is CCS(=O)(=O)c1ccc(Cl)cc1CNC(=O)c1ccc(CN2CCCC(NC(=O)C(C)N)C2)c(C(F)(F)F)c1. The molecule has 1 fully saturated rings. The van der Waals surface area contributed by atoms with Crippen LogP contribution in [0.15, 0.2) is 41.3 Å². The summed E-state index contributed by atoms with van der Waals surface area (Å²) in [5.41, 5.74) is 4.69. The van der Waals surface area contributed by atoms with Crippen molar-refractivity contribution < 1.29 is 31.2 Å². The number of nitrogens with zero attached hydrogens (tertiary/aromatic N) is 1. The summed E-state index contributed by atoms with van der Waals surface area (Å²) in [6, 6.07) is 6.63. The lowest BCUT2D eigenvalue weighted by molar-refractivity contribution is -0.138. The number of hydrogen-bond acceptors (Lipinski definition) is 6. The third-order valence-electron chi connectivity index (χ3n) is 6.51. The van der Waals surface area contributed by atoms with Crippen LogP contribution in [0.1, 0.15) is 53.7 Å². The molecular weight excluding hydrogens is 557 g/mol. The smallest absolute Gasteiger partial charge is 0.351 e. The summed E-state index contributed by atoms with van der Waals surface area (Å²) in [5, 5.41) is 5.58. The average molecular weight is 589 g/mol. The summed E-state index contributed by atoms with van der Waals surface area (Å²) < 4.78 is 66.8. The molecule has 0 spiro atoms. The van der Waals surface area contributed by atoms with Gasteiger partial charge in [0.2, 0.25) is 5.91 Å². The molecule has 2 unspecified atom stereocenters. The Balaban J connectivity index is 1.77. The van der Waals surface area contributed by atoms with Crippen LogP contribution in [0.25, 0.3) is 0 Å². The molecule has 8 nitrogen and oxygen atoms in total. The molecule has 1 saturated heterocycles. The van der Waals surface area contributed by atoms with Gasteiger partial charge in [0.15, 0.2) is 9.84 Å². The first kappa shape index (κ1) is 30.9. The molecule has 13 heteroatoms. The zero-order chi connectivity index (χ0) is 29.0. The Labute approximate surface area is 231 Å². The molecule has 1 aliphatic rings. The number of sulfone groups is 1. The quantitative estimate of drug-likeness (QED) is 0.412. The van der Waals surface area contributed by atoms with E-state index in [2.05, 4.69) is 10.6 Å². The van der Waals surface area contributed by atoms with Crippen molar-refractivity contribution in [2.24, 2.45) is 5.73 Å². The minimum atomic E-state index is -4.71. The maximum absolute atomic E-state index is 14.0. The molecule has 2 amide bonds. The molecule has 214 valence electrons. The van der Waals surface area contributed by atoms with E-state index < -0.39 is 33.5 Å². The van der Waals surface area contributed by atoms with Crippen LogP contribution in [-0.4, -0.2) is 56.1 Å². The van der Waals surface area contributed by atoms with E-state index in [-0.39, 0.29) is 57.4 Å². The number of amides is 2. The van der Waals surface area contributed by atoms with E-state index in [0.717, 1.165) is 6.07 Å². The second kappa shape index (κ2) is 12.7. The predicted molar refractivity (Wildman–Crippen MR) is 142 cm³/mol. The van der Waals surface area contributed by atoms with Crippen LogP contribution in [0.4, 0.5) is 13.2 Å². The van der Waals surface area contributed by atoms with E-state index in [0.29, 0.717) is 25.9 Å². The van der Waals surface area contributed by atoms with E-state index in [9.17, 15) is 31.2 Å². The number of hydrogen-bond donors (Lipinski definition) is 3. The number of piperidine rings is 1. The second-order valence-electron chi connectivity index (χ2n) is 9.58. The topological polar surface area (TPSA) is 122 Å². The first-order valence-electron chi connectivity index (χ1n) is 12.5. The molecular formula is C26H32ClF3N4O4S. The molecule has 0 bridgehead atoms. The molecule has 0 radical (unpaired) electrons. The number of rotatable bonds is 9. The molecule has 39 heavy (non-hydrogen) atoms. The number of benzene rings is 2. The van der Waals surface area contributed by atoms with Gasteiger partial charge in [-0.1, -0.05) is 24.6 Å². The van der Waals surface area contributed by atoms with Gasteiger partial charge in [0.1, 0.15) is 0 Å². The zero-order valence-corrected chi connectivity index (χ0v) is 23.2. The van der Waals surface area contributed by atoms with Gasteiger partial charge in [-0.3, -0.25) is 14.5 Å². The van der Waals surface area contributed by atoms with Gasteiger partial charge in [-0.2, -0.15) is 13.2 Å².